The van der Waals surface area contributed by atoms with E-state index in [4.69, 9.17) is 4.98 Å². The molecule has 0 aliphatic carbocycles. The number of aryl methyl sites for hydroxylation is 1. The zero-order valence-electron chi connectivity index (χ0n) is 17.9. The Morgan fingerprint density at radius 3 is 2.76 bits per heavy atom. The number of benzene rings is 1. The van der Waals surface area contributed by atoms with E-state index < -0.39 is 4.92 Å². The average molecular weight is 443 g/mol. The van der Waals surface area contributed by atoms with Gasteiger partial charge in [0.1, 0.15) is 11.3 Å². The summed E-state index contributed by atoms with van der Waals surface area (Å²) in [5.74, 6) is 1.37. The lowest BCUT2D eigenvalue weighted by Crippen LogP contribution is -2.06. The molecule has 0 spiro atoms. The number of nitrogens with zero attached hydrogens (tertiary/aromatic N) is 8. The number of fused-ring (bicyclic) bond motifs is 1. The second-order valence-electron chi connectivity index (χ2n) is 7.69. The molecule has 0 aliphatic heterocycles. The number of hydrogen-bond acceptors (Lipinski definition) is 7. The minimum Gasteiger partial charge on any atom is -0.308 e. The van der Waals surface area contributed by atoms with Gasteiger partial charge >= 0.3 is 0 Å². The van der Waals surface area contributed by atoms with Gasteiger partial charge in [-0.15, -0.1) is 5.10 Å². The van der Waals surface area contributed by atoms with Crippen LogP contribution in [0.15, 0.2) is 54.9 Å². The maximum Gasteiger partial charge on any atom is 0.288 e. The van der Waals surface area contributed by atoms with Crippen LogP contribution < -0.4 is 0 Å². The molecule has 166 valence electrons. The lowest BCUT2D eigenvalue weighted by atomic mass is 10.2. The van der Waals surface area contributed by atoms with Crippen molar-refractivity contribution in [3.8, 4) is 17.2 Å². The van der Waals surface area contributed by atoms with Crippen molar-refractivity contribution in [2.45, 2.75) is 32.7 Å². The number of aromatic nitrogens is 8. The van der Waals surface area contributed by atoms with Gasteiger partial charge in [-0.3, -0.25) is 10.1 Å². The maximum absolute atomic E-state index is 11.3. The largest absolute Gasteiger partial charge is 0.308 e. The van der Waals surface area contributed by atoms with Crippen LogP contribution in [-0.2, 0) is 13.0 Å². The number of tetrazole rings is 1. The van der Waals surface area contributed by atoms with Crippen LogP contribution in [0.1, 0.15) is 31.2 Å². The summed E-state index contributed by atoms with van der Waals surface area (Å²) in [6.45, 7) is 2.80. The van der Waals surface area contributed by atoms with Gasteiger partial charge in [0, 0.05) is 24.4 Å². The molecule has 0 radical (unpaired) electrons. The summed E-state index contributed by atoms with van der Waals surface area (Å²) in [6.07, 6.45) is 6.30. The molecule has 0 bridgehead atoms. The van der Waals surface area contributed by atoms with Crippen LogP contribution in [0.2, 0.25) is 0 Å². The third kappa shape index (κ3) is 3.95. The Kier molecular flexibility index (Phi) is 5.35. The molecule has 1 N–H and O–H groups in total. The van der Waals surface area contributed by atoms with Crippen molar-refractivity contribution in [3.05, 3.63) is 76.4 Å². The third-order valence-corrected chi connectivity index (χ3v) is 5.50. The van der Waals surface area contributed by atoms with Crippen molar-refractivity contribution in [3.63, 3.8) is 0 Å². The Bertz CT molecular complexity index is 1400. The lowest BCUT2D eigenvalue weighted by Gasteiger charge is -2.11. The highest BCUT2D eigenvalue weighted by Crippen LogP contribution is 2.27. The van der Waals surface area contributed by atoms with Gasteiger partial charge in [-0.1, -0.05) is 25.5 Å². The first-order chi connectivity index (χ1) is 16.1. The molecule has 4 aromatic heterocycles. The molecule has 5 rings (SSSR count). The van der Waals surface area contributed by atoms with Gasteiger partial charge < -0.3 is 9.13 Å². The topological polar surface area (TPSA) is 133 Å². The van der Waals surface area contributed by atoms with Crippen molar-refractivity contribution >= 4 is 16.9 Å². The molecular weight excluding hydrogens is 422 g/mol. The summed E-state index contributed by atoms with van der Waals surface area (Å²) >= 11 is 0. The summed E-state index contributed by atoms with van der Waals surface area (Å²) in [7, 11) is 0. The number of rotatable bonds is 8. The second kappa shape index (κ2) is 8.61. The standard InChI is InChI=1S/C22H21N9O2/c1-2-3-6-20-24-18-5-4-11-23-22(18)30(20)13-15-7-9-16(10-8-15)29-14-17(31(32)33)12-19(29)21-25-27-28-26-21/h4-5,7-12,14H,2-3,6,13H2,1H3,(H,25,26,27,28). The first-order valence-electron chi connectivity index (χ1n) is 10.6. The van der Waals surface area contributed by atoms with Gasteiger partial charge in [-0.25, -0.2) is 15.1 Å². The van der Waals surface area contributed by atoms with E-state index in [1.807, 2.05) is 36.4 Å². The molecule has 5 aromatic rings. The first kappa shape index (κ1) is 20.5. The molecule has 1 aromatic carbocycles. The van der Waals surface area contributed by atoms with Gasteiger partial charge in [-0.2, -0.15) is 0 Å². The smallest absolute Gasteiger partial charge is 0.288 e. The molecule has 0 atom stereocenters. The van der Waals surface area contributed by atoms with Gasteiger partial charge in [0.2, 0.25) is 0 Å². The van der Waals surface area contributed by atoms with Crippen LogP contribution in [-0.4, -0.2) is 44.6 Å². The minimum absolute atomic E-state index is 0.0398. The Balaban J connectivity index is 1.48. The predicted octanol–water partition coefficient (Wildman–Crippen LogP) is 3.70. The summed E-state index contributed by atoms with van der Waals surface area (Å²) in [6, 6.07) is 13.2. The molecule has 33 heavy (non-hydrogen) atoms. The van der Waals surface area contributed by atoms with E-state index in [9.17, 15) is 10.1 Å². The summed E-state index contributed by atoms with van der Waals surface area (Å²) < 4.78 is 3.86. The van der Waals surface area contributed by atoms with Gasteiger partial charge in [0.25, 0.3) is 5.69 Å². The molecule has 11 heteroatoms. The Hall–Kier alpha value is -4.41. The lowest BCUT2D eigenvalue weighted by molar-refractivity contribution is -0.384. The predicted molar refractivity (Wildman–Crippen MR) is 121 cm³/mol. The molecule has 4 heterocycles. The normalized spacial score (nSPS) is 11.3. The van der Waals surface area contributed by atoms with E-state index in [-0.39, 0.29) is 5.69 Å². The first-order valence-corrected chi connectivity index (χ1v) is 10.6. The number of unbranched alkanes of at least 4 members (excludes halogenated alkanes) is 1. The van der Waals surface area contributed by atoms with Crippen molar-refractivity contribution < 1.29 is 4.92 Å². The highest BCUT2D eigenvalue weighted by Gasteiger charge is 2.19. The molecule has 0 aliphatic rings. The maximum atomic E-state index is 11.3. The Morgan fingerprint density at radius 1 is 1.18 bits per heavy atom. The van der Waals surface area contributed by atoms with E-state index in [0.717, 1.165) is 47.5 Å². The molecule has 0 unspecified atom stereocenters. The zero-order chi connectivity index (χ0) is 22.8. The molecule has 0 saturated carbocycles. The third-order valence-electron chi connectivity index (χ3n) is 5.50. The van der Waals surface area contributed by atoms with Crippen molar-refractivity contribution in [2.24, 2.45) is 0 Å². The Morgan fingerprint density at radius 2 is 2.03 bits per heavy atom. The number of nitro groups is 1. The Labute approximate surface area is 188 Å². The number of nitrogens with one attached hydrogen (secondary N) is 1. The van der Waals surface area contributed by atoms with Crippen molar-refractivity contribution in [2.75, 3.05) is 0 Å². The van der Waals surface area contributed by atoms with E-state index in [0.29, 0.717) is 18.1 Å². The van der Waals surface area contributed by atoms with Crippen LogP contribution in [0.5, 0.6) is 0 Å². The van der Waals surface area contributed by atoms with Crippen LogP contribution in [0, 0.1) is 10.1 Å². The molecule has 0 amide bonds. The van der Waals surface area contributed by atoms with E-state index in [2.05, 4.69) is 37.1 Å². The van der Waals surface area contributed by atoms with Crippen LogP contribution >= 0.6 is 0 Å². The zero-order valence-corrected chi connectivity index (χ0v) is 17.9. The second-order valence-corrected chi connectivity index (χ2v) is 7.69. The van der Waals surface area contributed by atoms with Gasteiger partial charge in [0.15, 0.2) is 11.5 Å². The number of aromatic amines is 1. The minimum atomic E-state index is -0.437. The molecule has 0 fully saturated rings. The highest BCUT2D eigenvalue weighted by molar-refractivity contribution is 5.71. The van der Waals surface area contributed by atoms with Crippen LogP contribution in [0.25, 0.3) is 28.4 Å². The monoisotopic (exact) mass is 443 g/mol. The summed E-state index contributed by atoms with van der Waals surface area (Å²) in [5.41, 5.74) is 4.07. The van der Waals surface area contributed by atoms with Crippen LogP contribution in [0.4, 0.5) is 5.69 Å². The average Bonchev–Trinajstić information content (AvgIpc) is 3.57. The quantitative estimate of drug-likeness (QED) is 0.285. The van der Waals surface area contributed by atoms with Gasteiger partial charge in [-0.05, 0) is 46.7 Å². The number of H-pyrrole nitrogens is 1. The molecular formula is C22H21N9O2. The number of pyridine rings is 1. The fraction of sp³-hybridized carbons (Fsp3) is 0.227. The van der Waals surface area contributed by atoms with Crippen molar-refractivity contribution in [1.82, 2.24) is 39.7 Å². The van der Waals surface area contributed by atoms with E-state index in [1.54, 1.807) is 10.8 Å². The van der Waals surface area contributed by atoms with E-state index in [1.165, 1.54) is 12.3 Å². The van der Waals surface area contributed by atoms with Crippen LogP contribution in [0.3, 0.4) is 0 Å². The summed E-state index contributed by atoms with van der Waals surface area (Å²) in [4.78, 5) is 20.2. The summed E-state index contributed by atoms with van der Waals surface area (Å²) in [5, 5.41) is 25.0. The fourth-order valence-electron chi connectivity index (χ4n) is 3.85. The molecule has 0 saturated heterocycles. The fourth-order valence-corrected chi connectivity index (χ4v) is 3.85. The number of imidazole rings is 1. The SMILES string of the molecule is CCCCc1nc2cccnc2n1Cc1ccc(-n2cc([N+](=O)[O-])cc2-c2nnn[nH]2)cc1. The van der Waals surface area contributed by atoms with E-state index >= 15 is 0 Å². The van der Waals surface area contributed by atoms with Crippen molar-refractivity contribution in [1.29, 1.82) is 0 Å². The molecule has 11 nitrogen and oxygen atoms in total. The number of hydrogen-bond donors (Lipinski definition) is 1. The van der Waals surface area contributed by atoms with Gasteiger partial charge in [0.05, 0.1) is 23.4 Å². The highest BCUT2D eigenvalue weighted by atomic mass is 16.6.